The molecule has 1 atom stereocenters. The summed E-state index contributed by atoms with van der Waals surface area (Å²) in [6.07, 6.45) is 1.97. The number of para-hydroxylation sites is 1. The van der Waals surface area contributed by atoms with Crippen molar-refractivity contribution in [2.45, 2.75) is 32.1 Å². The number of anilines is 1. The Labute approximate surface area is 194 Å². The molecular formula is C29H26N2O2. The van der Waals surface area contributed by atoms with E-state index in [-0.39, 0.29) is 17.4 Å². The van der Waals surface area contributed by atoms with Gasteiger partial charge >= 0.3 is 0 Å². The van der Waals surface area contributed by atoms with E-state index in [1.54, 1.807) is 0 Å². The molecule has 1 aliphatic carbocycles. The Hall–Kier alpha value is -3.92. The summed E-state index contributed by atoms with van der Waals surface area (Å²) >= 11 is 0. The van der Waals surface area contributed by atoms with Crippen LogP contribution < -0.4 is 4.90 Å². The monoisotopic (exact) mass is 434 g/mol. The Bertz CT molecular complexity index is 1270. The van der Waals surface area contributed by atoms with E-state index in [1.807, 2.05) is 96.8 Å². The zero-order valence-electron chi connectivity index (χ0n) is 18.6. The summed E-state index contributed by atoms with van der Waals surface area (Å²) in [6.45, 7) is 2.00. The van der Waals surface area contributed by atoms with Crippen molar-refractivity contribution in [3.05, 3.63) is 118 Å². The molecule has 0 spiro atoms. The number of hydrogen-bond acceptors (Lipinski definition) is 3. The van der Waals surface area contributed by atoms with Gasteiger partial charge in [0, 0.05) is 40.4 Å². The molecule has 0 unspecified atom stereocenters. The van der Waals surface area contributed by atoms with Crippen molar-refractivity contribution in [3.63, 3.8) is 0 Å². The van der Waals surface area contributed by atoms with Gasteiger partial charge in [-0.15, -0.1) is 0 Å². The number of aryl methyl sites for hydroxylation is 1. The Kier molecular flexibility index (Phi) is 5.43. The van der Waals surface area contributed by atoms with E-state index in [9.17, 15) is 15.3 Å². The molecule has 3 aromatic rings. The zero-order chi connectivity index (χ0) is 22.9. The summed E-state index contributed by atoms with van der Waals surface area (Å²) in [6, 6.07) is 27.1. The van der Waals surface area contributed by atoms with Crippen LogP contribution in [0.1, 0.15) is 41.9 Å². The number of benzene rings is 3. The van der Waals surface area contributed by atoms with Gasteiger partial charge in [-0.3, -0.25) is 15.1 Å². The van der Waals surface area contributed by atoms with Gasteiger partial charge in [0.05, 0.1) is 0 Å². The first-order valence-electron chi connectivity index (χ1n) is 11.3. The molecular weight excluding hydrogens is 408 g/mol. The predicted molar refractivity (Wildman–Crippen MR) is 132 cm³/mol. The fourth-order valence-electron chi connectivity index (χ4n) is 4.90. The maximum Gasteiger partial charge on any atom is 0.161 e. The maximum absolute atomic E-state index is 13.4. The molecule has 4 nitrogen and oxygen atoms in total. The van der Waals surface area contributed by atoms with Gasteiger partial charge in [-0.05, 0) is 37.5 Å². The van der Waals surface area contributed by atoms with Gasteiger partial charge < -0.3 is 5.11 Å². The molecule has 2 N–H and O–H groups in total. The first-order valence-corrected chi connectivity index (χ1v) is 11.3. The SMILES string of the molecule is Cc1ccc(C(O)=C2C(=N)N(c3ccccc3)C3=C(C(=O)CCC3)[C@@H]2c2ccccc2)cc1. The number of aliphatic hydroxyl groups is 1. The summed E-state index contributed by atoms with van der Waals surface area (Å²) in [5.74, 6) is -0.142. The number of hydrogen-bond donors (Lipinski definition) is 2. The highest BCUT2D eigenvalue weighted by Crippen LogP contribution is 2.47. The minimum atomic E-state index is -0.484. The molecule has 0 radical (unpaired) electrons. The Morgan fingerprint density at radius 3 is 2.21 bits per heavy atom. The Morgan fingerprint density at radius 1 is 0.909 bits per heavy atom. The Morgan fingerprint density at radius 2 is 1.55 bits per heavy atom. The highest BCUT2D eigenvalue weighted by molar-refractivity contribution is 6.19. The second kappa shape index (κ2) is 8.55. The highest BCUT2D eigenvalue weighted by atomic mass is 16.3. The summed E-state index contributed by atoms with van der Waals surface area (Å²) in [5, 5.41) is 20.9. The van der Waals surface area contributed by atoms with Gasteiger partial charge in [0.2, 0.25) is 0 Å². The highest BCUT2D eigenvalue weighted by Gasteiger charge is 2.43. The molecule has 1 heterocycles. The first kappa shape index (κ1) is 21.0. The van der Waals surface area contributed by atoms with E-state index < -0.39 is 5.92 Å². The van der Waals surface area contributed by atoms with E-state index in [0.717, 1.165) is 35.4 Å². The van der Waals surface area contributed by atoms with Crippen LogP contribution in [-0.4, -0.2) is 16.7 Å². The number of allylic oxidation sites excluding steroid dienone is 2. The second-order valence-corrected chi connectivity index (χ2v) is 8.63. The molecule has 0 saturated heterocycles. The Balaban J connectivity index is 1.82. The molecule has 1 aliphatic heterocycles. The van der Waals surface area contributed by atoms with Crippen molar-refractivity contribution in [1.82, 2.24) is 0 Å². The molecule has 0 fully saturated rings. The number of nitrogens with one attached hydrogen (secondary N) is 1. The van der Waals surface area contributed by atoms with E-state index in [1.165, 1.54) is 0 Å². The molecule has 0 bridgehead atoms. The van der Waals surface area contributed by atoms with Crippen LogP contribution in [0.4, 0.5) is 5.69 Å². The fourth-order valence-corrected chi connectivity index (χ4v) is 4.90. The third-order valence-electron chi connectivity index (χ3n) is 6.48. The average Bonchev–Trinajstić information content (AvgIpc) is 2.84. The second-order valence-electron chi connectivity index (χ2n) is 8.63. The van der Waals surface area contributed by atoms with Crippen LogP contribution in [-0.2, 0) is 4.79 Å². The first-order chi connectivity index (χ1) is 16.1. The number of Topliss-reactive ketones (excluding diaryl/α,β-unsaturated/α-hetero) is 1. The van der Waals surface area contributed by atoms with Crippen molar-refractivity contribution in [1.29, 1.82) is 5.41 Å². The van der Waals surface area contributed by atoms with Crippen LogP contribution in [0.15, 0.2) is 102 Å². The molecule has 3 aromatic carbocycles. The van der Waals surface area contributed by atoms with Crippen LogP contribution >= 0.6 is 0 Å². The van der Waals surface area contributed by atoms with E-state index in [0.29, 0.717) is 23.1 Å². The lowest BCUT2D eigenvalue weighted by Crippen LogP contribution is -2.42. The number of ketones is 1. The smallest absolute Gasteiger partial charge is 0.161 e. The van der Waals surface area contributed by atoms with Crippen LogP contribution in [0.25, 0.3) is 5.76 Å². The predicted octanol–water partition coefficient (Wildman–Crippen LogP) is 6.55. The molecule has 0 saturated carbocycles. The van der Waals surface area contributed by atoms with Crippen molar-refractivity contribution >= 4 is 23.1 Å². The largest absolute Gasteiger partial charge is 0.507 e. The topological polar surface area (TPSA) is 64.4 Å². The van der Waals surface area contributed by atoms with Gasteiger partial charge in [0.25, 0.3) is 0 Å². The van der Waals surface area contributed by atoms with Gasteiger partial charge in [0.15, 0.2) is 5.78 Å². The van der Waals surface area contributed by atoms with Gasteiger partial charge in [-0.25, -0.2) is 0 Å². The molecule has 0 amide bonds. The van der Waals surface area contributed by atoms with E-state index in [2.05, 4.69) is 0 Å². The van der Waals surface area contributed by atoms with Crippen molar-refractivity contribution < 1.29 is 9.90 Å². The summed E-state index contributed by atoms with van der Waals surface area (Å²) in [5.41, 5.74) is 5.49. The normalized spacial score (nSPS) is 20.0. The number of aliphatic hydroxyl groups excluding tert-OH is 1. The molecule has 2 aliphatic rings. The van der Waals surface area contributed by atoms with Crippen molar-refractivity contribution in [2.24, 2.45) is 0 Å². The van der Waals surface area contributed by atoms with Gasteiger partial charge in [-0.1, -0.05) is 78.4 Å². The maximum atomic E-state index is 13.4. The number of carbonyl (C=O) groups is 1. The third kappa shape index (κ3) is 3.68. The molecule has 164 valence electrons. The van der Waals surface area contributed by atoms with Crippen LogP contribution in [0.3, 0.4) is 0 Å². The lowest BCUT2D eigenvalue weighted by Gasteiger charge is -2.41. The molecule has 5 rings (SSSR count). The number of rotatable bonds is 3. The quantitative estimate of drug-likeness (QED) is 0.459. The summed E-state index contributed by atoms with van der Waals surface area (Å²) in [4.78, 5) is 15.2. The summed E-state index contributed by atoms with van der Waals surface area (Å²) < 4.78 is 0. The van der Waals surface area contributed by atoms with Crippen LogP contribution in [0.5, 0.6) is 0 Å². The van der Waals surface area contributed by atoms with Crippen LogP contribution in [0, 0.1) is 12.3 Å². The number of carbonyl (C=O) groups excluding carboxylic acids is 1. The lowest BCUT2D eigenvalue weighted by atomic mass is 9.73. The standard InChI is InChI=1S/C29H26N2O2/c1-19-15-17-21(18-16-19)28(33)27-25(20-9-4-2-5-10-20)26-23(13-8-14-24(26)32)31(29(27)30)22-11-6-3-7-12-22/h2-7,9-12,15-18,25,30,33H,8,13-14H2,1H3/t25-/m0/s1. The summed E-state index contributed by atoms with van der Waals surface area (Å²) in [7, 11) is 0. The molecule has 0 aromatic heterocycles. The lowest BCUT2D eigenvalue weighted by molar-refractivity contribution is -0.116. The van der Waals surface area contributed by atoms with E-state index in [4.69, 9.17) is 0 Å². The van der Waals surface area contributed by atoms with E-state index >= 15 is 0 Å². The van der Waals surface area contributed by atoms with Gasteiger partial charge in [-0.2, -0.15) is 0 Å². The molecule has 4 heteroatoms. The van der Waals surface area contributed by atoms with Crippen molar-refractivity contribution in [2.75, 3.05) is 4.90 Å². The number of nitrogens with zero attached hydrogens (tertiary/aromatic N) is 1. The average molecular weight is 435 g/mol. The minimum absolute atomic E-state index is 0.0414. The zero-order valence-corrected chi connectivity index (χ0v) is 18.6. The van der Waals surface area contributed by atoms with Gasteiger partial charge in [0.1, 0.15) is 11.6 Å². The third-order valence-corrected chi connectivity index (χ3v) is 6.48. The minimum Gasteiger partial charge on any atom is -0.507 e. The number of amidine groups is 1. The molecule has 33 heavy (non-hydrogen) atoms. The van der Waals surface area contributed by atoms with Crippen LogP contribution in [0.2, 0.25) is 0 Å². The fraction of sp³-hybridized carbons (Fsp3) is 0.172. The van der Waals surface area contributed by atoms with Crippen molar-refractivity contribution in [3.8, 4) is 0 Å².